The van der Waals surface area contributed by atoms with Crippen molar-refractivity contribution in [2.45, 2.75) is 0 Å². The van der Waals surface area contributed by atoms with Gasteiger partial charge in [0, 0.05) is 16.2 Å². The normalized spacial score (nSPS) is 11.2. The van der Waals surface area contributed by atoms with Crippen LogP contribution >= 0.6 is 0 Å². The van der Waals surface area contributed by atoms with E-state index in [2.05, 4.69) is 81.7 Å². The standard InChI is InChI=1S/C15H10N2.C13H9N/c1-2-4-11-10(3-1)5-6-13-12(11)7-8-14-15(13)17-9-16-14;1-3-7-12-10(5-1)9-11-6-2-4-8-13(11)14-12/h1-9H,(H,16,17);1-9H. The molecule has 3 heteroatoms. The minimum absolute atomic E-state index is 1.05. The van der Waals surface area contributed by atoms with Gasteiger partial charge in [0.25, 0.3) is 0 Å². The molecule has 3 nitrogen and oxygen atoms in total. The summed E-state index contributed by atoms with van der Waals surface area (Å²) < 4.78 is 0. The summed E-state index contributed by atoms with van der Waals surface area (Å²) in [5.41, 5.74) is 4.26. The summed E-state index contributed by atoms with van der Waals surface area (Å²) in [4.78, 5) is 12.1. The number of pyridine rings is 1. The zero-order valence-electron chi connectivity index (χ0n) is 16.8. The van der Waals surface area contributed by atoms with Gasteiger partial charge >= 0.3 is 0 Å². The number of imidazole rings is 1. The summed E-state index contributed by atoms with van der Waals surface area (Å²) in [6, 6.07) is 35.6. The maximum Gasteiger partial charge on any atom is 0.0961 e. The van der Waals surface area contributed by atoms with Crippen LogP contribution in [0.15, 0.2) is 109 Å². The fourth-order valence-electron chi connectivity index (χ4n) is 4.21. The van der Waals surface area contributed by atoms with Gasteiger partial charge in [-0.25, -0.2) is 9.97 Å². The number of H-pyrrole nitrogens is 1. The molecule has 0 saturated carbocycles. The molecule has 0 fully saturated rings. The van der Waals surface area contributed by atoms with E-state index in [1.807, 2.05) is 36.4 Å². The predicted octanol–water partition coefficient (Wildman–Crippen LogP) is 7.26. The van der Waals surface area contributed by atoms with Crippen molar-refractivity contribution in [1.82, 2.24) is 15.0 Å². The highest BCUT2D eigenvalue weighted by atomic mass is 14.9. The Hall–Kier alpha value is -4.24. The average molecular weight is 397 g/mol. The van der Waals surface area contributed by atoms with Crippen LogP contribution < -0.4 is 0 Å². The molecule has 0 amide bonds. The van der Waals surface area contributed by atoms with Crippen LogP contribution in [0, 0.1) is 0 Å². The van der Waals surface area contributed by atoms with E-state index in [0.717, 1.165) is 22.1 Å². The first-order valence-electron chi connectivity index (χ1n) is 10.3. The number of hydrogen-bond acceptors (Lipinski definition) is 2. The van der Waals surface area contributed by atoms with Crippen molar-refractivity contribution < 1.29 is 0 Å². The maximum absolute atomic E-state index is 4.58. The summed E-state index contributed by atoms with van der Waals surface area (Å²) in [5.74, 6) is 0. The quantitative estimate of drug-likeness (QED) is 0.216. The smallest absolute Gasteiger partial charge is 0.0961 e. The highest BCUT2D eigenvalue weighted by Crippen LogP contribution is 2.29. The lowest BCUT2D eigenvalue weighted by atomic mass is 10.0. The van der Waals surface area contributed by atoms with Crippen molar-refractivity contribution in [3.05, 3.63) is 109 Å². The van der Waals surface area contributed by atoms with Crippen LogP contribution in [0.4, 0.5) is 0 Å². The van der Waals surface area contributed by atoms with Gasteiger partial charge in [0.1, 0.15) is 0 Å². The molecule has 7 aromatic rings. The largest absolute Gasteiger partial charge is 0.345 e. The molecule has 2 heterocycles. The Morgan fingerprint density at radius 3 is 1.94 bits per heavy atom. The number of fused-ring (bicyclic) bond motifs is 7. The van der Waals surface area contributed by atoms with Gasteiger partial charge in [0.2, 0.25) is 0 Å². The van der Waals surface area contributed by atoms with Gasteiger partial charge in [-0.15, -0.1) is 0 Å². The zero-order valence-corrected chi connectivity index (χ0v) is 16.8. The number of aromatic amines is 1. The number of benzene rings is 5. The molecule has 5 aromatic carbocycles. The summed E-state index contributed by atoms with van der Waals surface area (Å²) in [6.45, 7) is 0. The highest BCUT2D eigenvalue weighted by molar-refractivity contribution is 6.15. The van der Waals surface area contributed by atoms with Gasteiger partial charge in [-0.3, -0.25) is 0 Å². The first kappa shape index (κ1) is 17.6. The minimum Gasteiger partial charge on any atom is -0.345 e. The first-order chi connectivity index (χ1) is 15.4. The molecule has 31 heavy (non-hydrogen) atoms. The lowest BCUT2D eigenvalue weighted by Gasteiger charge is -2.03. The van der Waals surface area contributed by atoms with Gasteiger partial charge < -0.3 is 4.98 Å². The summed E-state index contributed by atoms with van der Waals surface area (Å²) in [5, 5.41) is 7.44. The molecular formula is C28H19N3. The van der Waals surface area contributed by atoms with Crippen molar-refractivity contribution in [3.8, 4) is 0 Å². The number of nitrogens with one attached hydrogen (secondary N) is 1. The van der Waals surface area contributed by atoms with E-state index in [1.165, 1.54) is 32.3 Å². The van der Waals surface area contributed by atoms with E-state index in [-0.39, 0.29) is 0 Å². The SMILES string of the molecule is c1ccc2c(c1)ccc1c2ccc2[nH]cnc21.c1ccc2nc3ccccc3cc2c1. The Kier molecular flexibility index (Phi) is 4.10. The van der Waals surface area contributed by atoms with Crippen molar-refractivity contribution in [3.63, 3.8) is 0 Å². The van der Waals surface area contributed by atoms with E-state index in [9.17, 15) is 0 Å². The van der Waals surface area contributed by atoms with Crippen LogP contribution in [0.5, 0.6) is 0 Å². The monoisotopic (exact) mass is 397 g/mol. The Labute approximate surface area is 179 Å². The number of aromatic nitrogens is 3. The van der Waals surface area contributed by atoms with Crippen molar-refractivity contribution in [2.75, 3.05) is 0 Å². The molecule has 0 unspecified atom stereocenters. The summed E-state index contributed by atoms with van der Waals surface area (Å²) >= 11 is 0. The number of rotatable bonds is 0. The van der Waals surface area contributed by atoms with Crippen molar-refractivity contribution >= 4 is 54.4 Å². The lowest BCUT2D eigenvalue weighted by molar-refractivity contribution is 1.35. The molecule has 7 rings (SSSR count). The Morgan fingerprint density at radius 1 is 0.516 bits per heavy atom. The molecule has 0 aliphatic heterocycles. The second-order valence-electron chi connectivity index (χ2n) is 7.62. The van der Waals surface area contributed by atoms with E-state index in [0.29, 0.717) is 0 Å². The minimum atomic E-state index is 1.05. The van der Waals surface area contributed by atoms with Crippen LogP contribution in [-0.4, -0.2) is 15.0 Å². The molecule has 0 saturated heterocycles. The molecule has 146 valence electrons. The Morgan fingerprint density at radius 2 is 1.16 bits per heavy atom. The Bertz CT molecular complexity index is 1590. The number of hydrogen-bond donors (Lipinski definition) is 1. The van der Waals surface area contributed by atoms with Crippen molar-refractivity contribution in [2.24, 2.45) is 0 Å². The Balaban J connectivity index is 0.000000122. The van der Waals surface area contributed by atoms with Gasteiger partial charge in [-0.2, -0.15) is 0 Å². The number of nitrogens with zero attached hydrogens (tertiary/aromatic N) is 2. The molecule has 1 N–H and O–H groups in total. The van der Waals surface area contributed by atoms with E-state index in [1.54, 1.807) is 6.33 Å². The van der Waals surface area contributed by atoms with Gasteiger partial charge in [-0.05, 0) is 40.4 Å². The van der Waals surface area contributed by atoms with Crippen LogP contribution in [0.1, 0.15) is 0 Å². The average Bonchev–Trinajstić information content (AvgIpc) is 3.32. The molecule has 2 aromatic heterocycles. The van der Waals surface area contributed by atoms with Crippen LogP contribution in [0.3, 0.4) is 0 Å². The fraction of sp³-hybridized carbons (Fsp3) is 0. The highest BCUT2D eigenvalue weighted by Gasteiger charge is 2.05. The third kappa shape index (κ3) is 3.08. The second kappa shape index (κ2) is 7.22. The molecule has 0 bridgehead atoms. The van der Waals surface area contributed by atoms with E-state index in [4.69, 9.17) is 0 Å². The third-order valence-corrected chi connectivity index (χ3v) is 5.74. The van der Waals surface area contributed by atoms with Gasteiger partial charge in [0.05, 0.1) is 28.4 Å². The second-order valence-corrected chi connectivity index (χ2v) is 7.62. The van der Waals surface area contributed by atoms with Crippen LogP contribution in [0.25, 0.3) is 54.4 Å². The molecule has 0 aliphatic rings. The molecule has 0 aliphatic carbocycles. The summed E-state index contributed by atoms with van der Waals surface area (Å²) in [7, 11) is 0. The van der Waals surface area contributed by atoms with Crippen LogP contribution in [-0.2, 0) is 0 Å². The number of para-hydroxylation sites is 2. The van der Waals surface area contributed by atoms with Gasteiger partial charge in [0.15, 0.2) is 0 Å². The maximum atomic E-state index is 4.58. The van der Waals surface area contributed by atoms with E-state index < -0.39 is 0 Å². The predicted molar refractivity (Wildman–Crippen MR) is 130 cm³/mol. The summed E-state index contributed by atoms with van der Waals surface area (Å²) in [6.07, 6.45) is 1.75. The van der Waals surface area contributed by atoms with Crippen molar-refractivity contribution in [1.29, 1.82) is 0 Å². The molecule has 0 atom stereocenters. The molecule has 0 radical (unpaired) electrons. The lowest BCUT2D eigenvalue weighted by Crippen LogP contribution is -1.80. The van der Waals surface area contributed by atoms with Crippen LogP contribution in [0.2, 0.25) is 0 Å². The molecular weight excluding hydrogens is 378 g/mol. The third-order valence-electron chi connectivity index (χ3n) is 5.74. The topological polar surface area (TPSA) is 41.6 Å². The fourth-order valence-corrected chi connectivity index (χ4v) is 4.21. The molecule has 0 spiro atoms. The van der Waals surface area contributed by atoms with E-state index >= 15 is 0 Å². The zero-order chi connectivity index (χ0) is 20.6. The van der Waals surface area contributed by atoms with Gasteiger partial charge in [-0.1, -0.05) is 78.9 Å². The first-order valence-corrected chi connectivity index (χ1v) is 10.3.